The van der Waals surface area contributed by atoms with Gasteiger partial charge in [-0.25, -0.2) is 14.6 Å². The molecule has 0 saturated heterocycles. The summed E-state index contributed by atoms with van der Waals surface area (Å²) in [5.41, 5.74) is 4.59. The molecule has 3 aromatic rings. The number of hydrogen-bond donors (Lipinski definition) is 4. The molecule has 13 nitrogen and oxygen atoms in total. The number of benzene rings is 2. The number of methoxy groups -OCH3 is 1. The number of hydrazine groups is 1. The molecule has 4 N–H and O–H groups in total. The number of nitrogens with zero attached hydrogens (tertiary/aromatic N) is 4. The van der Waals surface area contributed by atoms with Crippen molar-refractivity contribution < 1.29 is 29.0 Å². The lowest BCUT2D eigenvalue weighted by molar-refractivity contribution is -0.125. The van der Waals surface area contributed by atoms with Crippen LogP contribution in [0.4, 0.5) is 9.59 Å². The molecular formula is C31H43N7O6. The maximum Gasteiger partial charge on any atom is 0.422 e. The molecule has 2 aromatic carbocycles. The minimum absolute atomic E-state index is 0.0546. The number of aliphatic hydroxyl groups excluding tert-OH is 1. The zero-order valence-corrected chi connectivity index (χ0v) is 26.1. The van der Waals surface area contributed by atoms with E-state index in [1.165, 1.54) is 7.11 Å². The van der Waals surface area contributed by atoms with Crippen LogP contribution in [0.2, 0.25) is 0 Å². The van der Waals surface area contributed by atoms with Crippen molar-refractivity contribution in [3.63, 3.8) is 0 Å². The van der Waals surface area contributed by atoms with E-state index >= 15 is 0 Å². The molecule has 0 unspecified atom stereocenters. The van der Waals surface area contributed by atoms with Crippen LogP contribution in [0.25, 0.3) is 5.69 Å². The largest absolute Gasteiger partial charge is 0.453 e. The summed E-state index contributed by atoms with van der Waals surface area (Å²) in [5, 5.41) is 26.2. The van der Waals surface area contributed by atoms with Gasteiger partial charge in [0.2, 0.25) is 5.91 Å². The average molecular weight is 610 g/mol. The number of aromatic nitrogens is 3. The van der Waals surface area contributed by atoms with Crippen LogP contribution in [0.3, 0.4) is 0 Å². The van der Waals surface area contributed by atoms with Crippen molar-refractivity contribution in [1.29, 1.82) is 0 Å². The van der Waals surface area contributed by atoms with Gasteiger partial charge in [-0.3, -0.25) is 14.8 Å². The van der Waals surface area contributed by atoms with Crippen LogP contribution in [-0.4, -0.2) is 80.4 Å². The monoisotopic (exact) mass is 609 g/mol. The van der Waals surface area contributed by atoms with Crippen molar-refractivity contribution in [1.82, 2.24) is 35.8 Å². The Kier molecular flexibility index (Phi) is 12.2. The lowest BCUT2D eigenvalue weighted by atomic mass is 9.98. The lowest BCUT2D eigenvalue weighted by Crippen LogP contribution is -2.57. The molecule has 0 radical (unpaired) electrons. The Morgan fingerprint density at radius 2 is 1.57 bits per heavy atom. The van der Waals surface area contributed by atoms with E-state index in [-0.39, 0.29) is 19.0 Å². The first-order chi connectivity index (χ1) is 20.8. The summed E-state index contributed by atoms with van der Waals surface area (Å²) in [6.45, 7) is 9.04. The van der Waals surface area contributed by atoms with Crippen LogP contribution < -0.4 is 16.1 Å². The fourth-order valence-corrected chi connectivity index (χ4v) is 4.41. The Bertz CT molecular complexity index is 1330. The summed E-state index contributed by atoms with van der Waals surface area (Å²) in [5.74, 6) is -0.725. The number of carbonyl (C=O) groups is 3. The molecule has 0 fully saturated rings. The Balaban J connectivity index is 1.84. The summed E-state index contributed by atoms with van der Waals surface area (Å²) < 4.78 is 11.9. The highest BCUT2D eigenvalue weighted by Crippen LogP contribution is 2.14. The number of carbonyl (C=O) groups excluding carboxylic acids is 3. The topological polar surface area (TPSA) is 160 Å². The number of alkyl carbamates (subject to hydrolysis) is 1. The smallest absolute Gasteiger partial charge is 0.422 e. The van der Waals surface area contributed by atoms with Gasteiger partial charge in [0, 0.05) is 18.8 Å². The SMILES string of the molecule is COC(=O)N[C@H](C(=O)N[C@@H](Cc1ccccc1)[C@@H](O)CN(Cc1ccc(-n2cnnc2)cc1)NC(=O)OC(C)(C)C)C(C)C. The van der Waals surface area contributed by atoms with E-state index in [1.54, 1.807) is 56.8 Å². The molecule has 1 aromatic heterocycles. The van der Waals surface area contributed by atoms with Crippen molar-refractivity contribution in [2.24, 2.45) is 5.92 Å². The first-order valence-corrected chi connectivity index (χ1v) is 14.4. The number of ether oxygens (including phenoxy) is 2. The highest BCUT2D eigenvalue weighted by atomic mass is 16.6. The molecule has 44 heavy (non-hydrogen) atoms. The molecular weight excluding hydrogens is 566 g/mol. The Hall–Kier alpha value is -4.49. The summed E-state index contributed by atoms with van der Waals surface area (Å²) in [6.07, 6.45) is 0.918. The molecule has 0 aliphatic heterocycles. The molecule has 13 heteroatoms. The second kappa shape index (κ2) is 15.8. The Labute approximate surface area is 257 Å². The molecule has 0 bridgehead atoms. The summed E-state index contributed by atoms with van der Waals surface area (Å²) in [4.78, 5) is 38.1. The molecule has 3 rings (SSSR count). The van der Waals surface area contributed by atoms with Gasteiger partial charge in [-0.2, -0.15) is 0 Å². The van der Waals surface area contributed by atoms with Crippen molar-refractivity contribution >= 4 is 18.1 Å². The van der Waals surface area contributed by atoms with Crippen LogP contribution in [0.5, 0.6) is 0 Å². The molecule has 0 saturated carbocycles. The summed E-state index contributed by atoms with van der Waals surface area (Å²) >= 11 is 0. The first-order valence-electron chi connectivity index (χ1n) is 14.4. The number of nitrogens with one attached hydrogen (secondary N) is 3. The minimum atomic E-state index is -1.14. The van der Waals surface area contributed by atoms with Crippen molar-refractivity contribution in [2.45, 2.75) is 71.4 Å². The zero-order chi connectivity index (χ0) is 32.3. The third kappa shape index (κ3) is 11.0. The highest BCUT2D eigenvalue weighted by Gasteiger charge is 2.31. The van der Waals surface area contributed by atoms with Crippen LogP contribution in [0.1, 0.15) is 45.7 Å². The van der Waals surface area contributed by atoms with Crippen LogP contribution in [0.15, 0.2) is 67.3 Å². The van der Waals surface area contributed by atoms with Gasteiger partial charge in [-0.15, -0.1) is 10.2 Å². The van der Waals surface area contributed by atoms with E-state index in [0.717, 1.165) is 16.8 Å². The van der Waals surface area contributed by atoms with Crippen molar-refractivity contribution in [3.8, 4) is 5.69 Å². The van der Waals surface area contributed by atoms with E-state index in [9.17, 15) is 19.5 Å². The molecule has 3 amide bonds. The Morgan fingerprint density at radius 1 is 0.932 bits per heavy atom. The van der Waals surface area contributed by atoms with E-state index in [1.807, 2.05) is 54.6 Å². The van der Waals surface area contributed by atoms with Gasteiger partial charge in [0.15, 0.2) is 0 Å². The second-order valence-electron chi connectivity index (χ2n) is 11.8. The first kappa shape index (κ1) is 34.0. The number of rotatable bonds is 13. The van der Waals surface area contributed by atoms with Gasteiger partial charge in [-0.1, -0.05) is 56.3 Å². The summed E-state index contributed by atoms with van der Waals surface area (Å²) in [7, 11) is 1.22. The summed E-state index contributed by atoms with van der Waals surface area (Å²) in [6, 6.07) is 15.3. The molecule has 3 atom stereocenters. The van der Waals surface area contributed by atoms with E-state index < -0.39 is 41.9 Å². The maximum absolute atomic E-state index is 13.4. The molecule has 1 heterocycles. The minimum Gasteiger partial charge on any atom is -0.453 e. The predicted molar refractivity (Wildman–Crippen MR) is 163 cm³/mol. The van der Waals surface area contributed by atoms with Gasteiger partial charge in [0.05, 0.1) is 19.3 Å². The second-order valence-corrected chi connectivity index (χ2v) is 11.8. The quantitative estimate of drug-likeness (QED) is 0.214. The number of amides is 3. The lowest BCUT2D eigenvalue weighted by Gasteiger charge is -2.32. The van der Waals surface area contributed by atoms with Crippen LogP contribution in [-0.2, 0) is 27.2 Å². The highest BCUT2D eigenvalue weighted by molar-refractivity contribution is 5.86. The van der Waals surface area contributed by atoms with Gasteiger partial charge in [-0.05, 0) is 56.4 Å². The van der Waals surface area contributed by atoms with Crippen molar-refractivity contribution in [3.05, 3.63) is 78.4 Å². The third-order valence-corrected chi connectivity index (χ3v) is 6.58. The third-order valence-electron chi connectivity index (χ3n) is 6.58. The van der Waals surface area contributed by atoms with Gasteiger partial charge in [0.1, 0.15) is 24.3 Å². The fourth-order valence-electron chi connectivity index (χ4n) is 4.41. The van der Waals surface area contributed by atoms with Crippen molar-refractivity contribution in [2.75, 3.05) is 13.7 Å². The Morgan fingerprint density at radius 3 is 2.14 bits per heavy atom. The van der Waals surface area contributed by atoms with Crippen LogP contribution in [0, 0.1) is 5.92 Å². The average Bonchev–Trinajstić information content (AvgIpc) is 3.50. The predicted octanol–water partition coefficient (Wildman–Crippen LogP) is 2.98. The molecule has 0 spiro atoms. The van der Waals surface area contributed by atoms with E-state index in [4.69, 9.17) is 9.47 Å². The zero-order valence-electron chi connectivity index (χ0n) is 26.1. The number of hydrogen-bond acceptors (Lipinski definition) is 9. The van der Waals surface area contributed by atoms with Gasteiger partial charge >= 0.3 is 12.2 Å². The van der Waals surface area contributed by atoms with Crippen LogP contribution >= 0.6 is 0 Å². The normalized spacial score (nSPS) is 13.6. The maximum atomic E-state index is 13.4. The molecule has 0 aliphatic rings. The molecule has 238 valence electrons. The van der Waals surface area contributed by atoms with Gasteiger partial charge in [0.25, 0.3) is 0 Å². The standard InChI is InChI=1S/C31H43N7O6/c1-21(2)27(35-29(41)43-6)28(40)34-25(16-22-10-8-7-9-11-22)26(39)18-38(36-30(42)44-31(3,4)5)17-23-12-14-24(15-13-23)37-19-32-33-20-37/h7-15,19-21,25-27,39H,16-18H2,1-6H3,(H,34,40)(H,35,41)(H,36,42)/t25-,26-,27-/m0/s1. The van der Waals surface area contributed by atoms with Gasteiger partial charge < -0.3 is 25.2 Å². The fraction of sp³-hybridized carbons (Fsp3) is 0.452. The molecule has 0 aliphatic carbocycles. The van der Waals surface area contributed by atoms with E-state index in [2.05, 4.69) is 26.3 Å². The number of aliphatic hydroxyl groups is 1. The van der Waals surface area contributed by atoms with E-state index in [0.29, 0.717) is 6.42 Å².